The molecule has 2 bridgehead atoms. The van der Waals surface area contributed by atoms with Crippen LogP contribution in [0.1, 0.15) is 31.4 Å². The van der Waals surface area contributed by atoms with Gasteiger partial charge >= 0.3 is 0 Å². The molecule has 0 aliphatic carbocycles. The van der Waals surface area contributed by atoms with Crippen molar-refractivity contribution in [3.8, 4) is 0 Å². The molecule has 2 aromatic heterocycles. The van der Waals surface area contributed by atoms with Gasteiger partial charge in [-0.2, -0.15) is 11.8 Å². The molecule has 0 amide bonds. The summed E-state index contributed by atoms with van der Waals surface area (Å²) < 4.78 is 1.97. The quantitative estimate of drug-likeness (QED) is 0.852. The maximum atomic E-state index is 11.0. The van der Waals surface area contributed by atoms with Crippen molar-refractivity contribution in [2.24, 2.45) is 0 Å². The van der Waals surface area contributed by atoms with E-state index < -0.39 is 5.60 Å². The summed E-state index contributed by atoms with van der Waals surface area (Å²) in [7, 11) is 0. The van der Waals surface area contributed by atoms with Crippen molar-refractivity contribution in [2.45, 2.75) is 41.8 Å². The van der Waals surface area contributed by atoms with Crippen LogP contribution in [-0.2, 0) is 5.60 Å². The van der Waals surface area contributed by atoms with Gasteiger partial charge in [0.1, 0.15) is 5.60 Å². The van der Waals surface area contributed by atoms with Crippen molar-refractivity contribution in [2.75, 3.05) is 0 Å². The molecular weight excluding hydrogens is 246 g/mol. The van der Waals surface area contributed by atoms with E-state index in [0.29, 0.717) is 10.5 Å². The van der Waals surface area contributed by atoms with Crippen LogP contribution in [0.25, 0.3) is 5.65 Å². The van der Waals surface area contributed by atoms with Crippen LogP contribution in [0.15, 0.2) is 24.8 Å². The Bertz CT molecular complexity index is 585. The summed E-state index contributed by atoms with van der Waals surface area (Å²) in [5.41, 5.74) is 1.03. The van der Waals surface area contributed by atoms with E-state index in [1.807, 2.05) is 16.8 Å². The van der Waals surface area contributed by atoms with Crippen molar-refractivity contribution in [1.82, 2.24) is 14.4 Å². The van der Waals surface area contributed by atoms with Gasteiger partial charge in [-0.25, -0.2) is 4.98 Å². The molecule has 4 heterocycles. The van der Waals surface area contributed by atoms with Crippen LogP contribution in [0.2, 0.25) is 0 Å². The summed E-state index contributed by atoms with van der Waals surface area (Å²) in [6.45, 7) is 0. The topological polar surface area (TPSA) is 50.4 Å². The highest BCUT2D eigenvalue weighted by Gasteiger charge is 2.45. The predicted octanol–water partition coefficient (Wildman–Crippen LogP) is 1.97. The SMILES string of the molecule is OC1(c2cnc3cnccn23)CC2CCC(C1)S2. The number of rotatable bonds is 1. The zero-order valence-electron chi connectivity index (χ0n) is 9.99. The molecule has 0 aromatic carbocycles. The van der Waals surface area contributed by atoms with Gasteiger partial charge in [-0.05, 0) is 25.7 Å². The summed E-state index contributed by atoms with van der Waals surface area (Å²) in [5, 5.41) is 12.2. The van der Waals surface area contributed by atoms with Gasteiger partial charge in [0.25, 0.3) is 0 Å². The van der Waals surface area contributed by atoms with E-state index in [4.69, 9.17) is 0 Å². The third-order valence-corrected chi connectivity index (χ3v) is 5.69. The van der Waals surface area contributed by atoms with E-state index in [1.54, 1.807) is 12.4 Å². The van der Waals surface area contributed by atoms with Gasteiger partial charge in [-0.1, -0.05) is 0 Å². The Balaban J connectivity index is 1.82. The molecule has 2 aliphatic heterocycles. The minimum atomic E-state index is -0.710. The van der Waals surface area contributed by atoms with Crippen molar-refractivity contribution < 1.29 is 5.11 Å². The third kappa shape index (κ3) is 1.50. The molecule has 0 saturated carbocycles. The number of hydrogen-bond acceptors (Lipinski definition) is 4. The van der Waals surface area contributed by atoms with Crippen molar-refractivity contribution >= 4 is 17.4 Å². The molecule has 2 unspecified atom stereocenters. The molecule has 18 heavy (non-hydrogen) atoms. The lowest BCUT2D eigenvalue weighted by Crippen LogP contribution is -2.35. The van der Waals surface area contributed by atoms with Crippen molar-refractivity contribution in [3.05, 3.63) is 30.5 Å². The van der Waals surface area contributed by atoms with Crippen molar-refractivity contribution in [3.63, 3.8) is 0 Å². The van der Waals surface area contributed by atoms with Gasteiger partial charge in [0.2, 0.25) is 0 Å². The molecular formula is C13H15N3OS. The number of nitrogens with zero attached hydrogens (tertiary/aromatic N) is 3. The second-order valence-corrected chi connectivity index (χ2v) is 6.95. The summed E-state index contributed by atoms with van der Waals surface area (Å²) >= 11 is 2.06. The zero-order valence-corrected chi connectivity index (χ0v) is 10.8. The first-order chi connectivity index (χ1) is 8.74. The molecule has 0 spiro atoms. The minimum Gasteiger partial charge on any atom is -0.383 e. The first-order valence-corrected chi connectivity index (χ1v) is 7.34. The molecule has 5 heteroatoms. The van der Waals surface area contributed by atoms with E-state index in [9.17, 15) is 5.11 Å². The highest BCUT2D eigenvalue weighted by Crippen LogP contribution is 2.51. The lowest BCUT2D eigenvalue weighted by atomic mass is 9.90. The minimum absolute atomic E-state index is 0.612. The predicted molar refractivity (Wildman–Crippen MR) is 70.5 cm³/mol. The molecule has 0 radical (unpaired) electrons. The standard InChI is InChI=1S/C13H15N3OS/c17-13(5-9-1-2-10(6-13)18-9)11-7-15-12-8-14-3-4-16(11)12/h3-4,7-10,17H,1-2,5-6H2. The molecule has 2 fully saturated rings. The number of aromatic nitrogens is 3. The second kappa shape index (κ2) is 3.71. The smallest absolute Gasteiger partial charge is 0.155 e. The summed E-state index contributed by atoms with van der Waals surface area (Å²) in [5.74, 6) is 0. The average Bonchev–Trinajstić information content (AvgIpc) is 2.93. The fraction of sp³-hybridized carbons (Fsp3) is 0.538. The molecule has 2 aromatic rings. The lowest BCUT2D eigenvalue weighted by Gasteiger charge is -2.35. The van der Waals surface area contributed by atoms with Crippen LogP contribution < -0.4 is 0 Å². The highest BCUT2D eigenvalue weighted by molar-refractivity contribution is 8.00. The van der Waals surface area contributed by atoms with Gasteiger partial charge in [-0.3, -0.25) is 9.38 Å². The van der Waals surface area contributed by atoms with Crippen LogP contribution in [-0.4, -0.2) is 30.0 Å². The fourth-order valence-electron chi connectivity index (χ4n) is 3.31. The molecule has 94 valence electrons. The Morgan fingerprint density at radius 1 is 1.28 bits per heavy atom. The van der Waals surface area contributed by atoms with Crippen LogP contribution in [0.5, 0.6) is 0 Å². The normalized spacial score (nSPS) is 35.2. The summed E-state index contributed by atoms with van der Waals surface area (Å²) in [4.78, 5) is 8.41. The molecule has 4 nitrogen and oxygen atoms in total. The van der Waals surface area contributed by atoms with E-state index in [2.05, 4.69) is 21.7 Å². The van der Waals surface area contributed by atoms with Crippen molar-refractivity contribution in [1.29, 1.82) is 0 Å². The monoisotopic (exact) mass is 261 g/mol. The lowest BCUT2D eigenvalue weighted by molar-refractivity contribution is 0.0146. The fourth-order valence-corrected chi connectivity index (χ4v) is 5.15. The van der Waals surface area contributed by atoms with Gasteiger partial charge < -0.3 is 5.11 Å². The van der Waals surface area contributed by atoms with E-state index in [0.717, 1.165) is 24.2 Å². The van der Waals surface area contributed by atoms with Gasteiger partial charge in [0, 0.05) is 22.9 Å². The zero-order chi connectivity index (χ0) is 12.2. The Hall–Kier alpha value is -1.07. The van der Waals surface area contributed by atoms with E-state index in [1.165, 1.54) is 12.8 Å². The van der Waals surface area contributed by atoms with Gasteiger partial charge in [0.15, 0.2) is 5.65 Å². The number of fused-ring (bicyclic) bond motifs is 3. The second-order valence-electron chi connectivity index (χ2n) is 5.35. The Labute approximate surface area is 109 Å². The van der Waals surface area contributed by atoms with Crippen LogP contribution in [0, 0.1) is 0 Å². The molecule has 2 aliphatic rings. The summed E-state index contributed by atoms with van der Waals surface area (Å²) in [6, 6.07) is 0. The third-order valence-electron chi connectivity index (χ3n) is 4.12. The Morgan fingerprint density at radius 2 is 2.06 bits per heavy atom. The first-order valence-electron chi connectivity index (χ1n) is 6.40. The number of aliphatic hydroxyl groups is 1. The molecule has 2 saturated heterocycles. The number of thioether (sulfide) groups is 1. The summed E-state index contributed by atoms with van der Waals surface area (Å²) in [6.07, 6.45) is 11.4. The number of imidazole rings is 1. The maximum absolute atomic E-state index is 11.0. The molecule has 4 rings (SSSR count). The van der Waals surface area contributed by atoms with E-state index >= 15 is 0 Å². The van der Waals surface area contributed by atoms with Crippen LogP contribution >= 0.6 is 11.8 Å². The Kier molecular flexibility index (Phi) is 2.23. The van der Waals surface area contributed by atoms with Crippen LogP contribution in [0.4, 0.5) is 0 Å². The molecule has 2 atom stereocenters. The van der Waals surface area contributed by atoms with Crippen LogP contribution in [0.3, 0.4) is 0 Å². The molecule has 1 N–H and O–H groups in total. The van der Waals surface area contributed by atoms with E-state index in [-0.39, 0.29) is 0 Å². The maximum Gasteiger partial charge on any atom is 0.155 e. The number of hydrogen-bond donors (Lipinski definition) is 1. The van der Waals surface area contributed by atoms with Gasteiger partial charge in [0.05, 0.1) is 18.1 Å². The Morgan fingerprint density at radius 3 is 2.83 bits per heavy atom. The highest BCUT2D eigenvalue weighted by atomic mass is 32.2. The average molecular weight is 261 g/mol. The largest absolute Gasteiger partial charge is 0.383 e. The van der Waals surface area contributed by atoms with Gasteiger partial charge in [-0.15, -0.1) is 0 Å². The first kappa shape index (κ1) is 10.8.